The maximum Gasteiger partial charge on any atom is 0.135 e. The molecule has 3 atom stereocenters. The van der Waals surface area contributed by atoms with Crippen molar-refractivity contribution in [3.8, 4) is 0 Å². The molecule has 0 amide bonds. The third-order valence-electron chi connectivity index (χ3n) is 2.98. The maximum atomic E-state index is 5.60. The summed E-state index contributed by atoms with van der Waals surface area (Å²) in [6, 6.07) is 0. The van der Waals surface area contributed by atoms with Crippen LogP contribution >= 0.6 is 0 Å². The van der Waals surface area contributed by atoms with Gasteiger partial charge in [0.1, 0.15) is 12.3 Å². The van der Waals surface area contributed by atoms with Crippen molar-refractivity contribution in [2.24, 2.45) is 11.3 Å². The zero-order chi connectivity index (χ0) is 10.1. The summed E-state index contributed by atoms with van der Waals surface area (Å²) < 4.78 is 5.60. The van der Waals surface area contributed by atoms with Gasteiger partial charge >= 0.3 is 0 Å². The second-order valence-electron chi connectivity index (χ2n) is 5.13. The average Bonchev–Trinajstić information content (AvgIpc) is 2.76. The molecule has 2 nitrogen and oxygen atoms in total. The summed E-state index contributed by atoms with van der Waals surface area (Å²) in [5.74, 6) is 0.627. The Morgan fingerprint density at radius 3 is 2.46 bits per heavy atom. The summed E-state index contributed by atoms with van der Waals surface area (Å²) in [5, 5.41) is 3.39. The third-order valence-corrected chi connectivity index (χ3v) is 2.98. The van der Waals surface area contributed by atoms with E-state index in [2.05, 4.69) is 39.9 Å². The Morgan fingerprint density at radius 2 is 2.00 bits per heavy atom. The molecule has 13 heavy (non-hydrogen) atoms. The van der Waals surface area contributed by atoms with Crippen LogP contribution < -0.4 is 5.32 Å². The van der Waals surface area contributed by atoms with Gasteiger partial charge in [-0.3, -0.25) is 5.32 Å². The van der Waals surface area contributed by atoms with Gasteiger partial charge in [-0.2, -0.15) is 0 Å². The van der Waals surface area contributed by atoms with E-state index in [9.17, 15) is 0 Å². The van der Waals surface area contributed by atoms with Gasteiger partial charge in [0.25, 0.3) is 0 Å². The van der Waals surface area contributed by atoms with E-state index in [0.29, 0.717) is 23.7 Å². The maximum absolute atomic E-state index is 5.60. The van der Waals surface area contributed by atoms with Gasteiger partial charge in [-0.25, -0.2) is 0 Å². The van der Waals surface area contributed by atoms with Gasteiger partial charge in [0.2, 0.25) is 0 Å². The molecule has 78 valence electrons. The lowest BCUT2D eigenvalue weighted by molar-refractivity contribution is 0.201. The number of ether oxygens (including phenoxy) is 1. The molecule has 1 fully saturated rings. The normalized spacial score (nSPS) is 30.2. The van der Waals surface area contributed by atoms with E-state index in [-0.39, 0.29) is 0 Å². The van der Waals surface area contributed by atoms with Gasteiger partial charge in [0.05, 0.1) is 0 Å². The summed E-state index contributed by atoms with van der Waals surface area (Å²) in [5.41, 5.74) is 0.354. The number of epoxide rings is 1. The second kappa shape index (κ2) is 3.97. The van der Waals surface area contributed by atoms with E-state index in [4.69, 9.17) is 4.74 Å². The topological polar surface area (TPSA) is 24.6 Å². The fourth-order valence-electron chi connectivity index (χ4n) is 1.45. The molecular formula is C11H23NO. The van der Waals surface area contributed by atoms with E-state index >= 15 is 0 Å². The minimum absolute atomic E-state index is 0.328. The highest BCUT2D eigenvalue weighted by atomic mass is 16.6. The molecule has 1 aliphatic rings. The molecule has 1 saturated heterocycles. The fraction of sp³-hybridized carbons (Fsp3) is 1.00. The van der Waals surface area contributed by atoms with E-state index in [1.54, 1.807) is 0 Å². The van der Waals surface area contributed by atoms with Gasteiger partial charge in [0, 0.05) is 0 Å². The van der Waals surface area contributed by atoms with Crippen LogP contribution in [-0.4, -0.2) is 18.9 Å². The monoisotopic (exact) mass is 185 g/mol. The number of hydrogen-bond acceptors (Lipinski definition) is 2. The molecule has 0 aromatic rings. The highest BCUT2D eigenvalue weighted by molar-refractivity contribution is 4.91. The molecule has 0 aromatic heterocycles. The predicted octanol–water partition coefficient (Wildman–Crippen LogP) is 2.39. The quantitative estimate of drug-likeness (QED) is 0.680. The zero-order valence-corrected chi connectivity index (χ0v) is 9.55. The minimum atomic E-state index is 0.328. The summed E-state index contributed by atoms with van der Waals surface area (Å²) in [6.45, 7) is 12.3. The Kier molecular flexibility index (Phi) is 3.36. The first-order valence-corrected chi connectivity index (χ1v) is 5.35. The van der Waals surface area contributed by atoms with Gasteiger partial charge in [-0.15, -0.1) is 0 Å². The van der Waals surface area contributed by atoms with Crippen molar-refractivity contribution in [1.29, 1.82) is 0 Å². The summed E-state index contributed by atoms with van der Waals surface area (Å²) in [6.07, 6.45) is 1.94. The van der Waals surface area contributed by atoms with Crippen LogP contribution in [0.4, 0.5) is 0 Å². The molecule has 0 aromatic carbocycles. The predicted molar refractivity (Wildman–Crippen MR) is 55.6 cm³/mol. The Hall–Kier alpha value is -0.0800. The van der Waals surface area contributed by atoms with Crippen LogP contribution in [0.15, 0.2) is 0 Å². The molecule has 0 aliphatic carbocycles. The lowest BCUT2D eigenvalue weighted by Gasteiger charge is -2.25. The Morgan fingerprint density at radius 1 is 1.38 bits per heavy atom. The summed E-state index contributed by atoms with van der Waals surface area (Å²) in [7, 11) is 0. The van der Waals surface area contributed by atoms with Gasteiger partial charge < -0.3 is 4.74 Å². The van der Waals surface area contributed by atoms with E-state index in [0.717, 1.165) is 6.54 Å². The molecule has 1 rings (SSSR count). The van der Waals surface area contributed by atoms with Crippen molar-refractivity contribution in [1.82, 2.24) is 5.32 Å². The van der Waals surface area contributed by atoms with Crippen LogP contribution in [0.1, 0.15) is 41.0 Å². The van der Waals surface area contributed by atoms with E-state index in [1.807, 2.05) is 0 Å². The standard InChI is InChI=1S/C11H23NO/c1-6-7-12-10-9(13-10)8(2)11(3,4)5/h8-10,12H,6-7H2,1-5H3/t8?,9-,10-/m1/s1. The highest BCUT2D eigenvalue weighted by Crippen LogP contribution is 2.38. The number of nitrogens with one attached hydrogen (secondary N) is 1. The van der Waals surface area contributed by atoms with Gasteiger partial charge in [-0.1, -0.05) is 34.6 Å². The molecule has 0 radical (unpaired) electrons. The fourth-order valence-corrected chi connectivity index (χ4v) is 1.45. The molecule has 1 aliphatic heterocycles. The molecule has 0 saturated carbocycles. The third kappa shape index (κ3) is 2.96. The Bertz CT molecular complexity index is 162. The van der Waals surface area contributed by atoms with Crippen molar-refractivity contribution in [3.05, 3.63) is 0 Å². The van der Waals surface area contributed by atoms with E-state index < -0.39 is 0 Å². The summed E-state index contributed by atoms with van der Waals surface area (Å²) >= 11 is 0. The van der Waals surface area contributed by atoms with Crippen LogP contribution in [0.3, 0.4) is 0 Å². The van der Waals surface area contributed by atoms with E-state index in [1.165, 1.54) is 6.42 Å². The molecule has 0 spiro atoms. The average molecular weight is 185 g/mol. The van der Waals surface area contributed by atoms with Gasteiger partial charge in [0.15, 0.2) is 0 Å². The van der Waals surface area contributed by atoms with Crippen LogP contribution in [0, 0.1) is 11.3 Å². The van der Waals surface area contributed by atoms with Crippen LogP contribution in [0.25, 0.3) is 0 Å². The first-order chi connectivity index (χ1) is 5.96. The lowest BCUT2D eigenvalue weighted by atomic mass is 9.80. The second-order valence-corrected chi connectivity index (χ2v) is 5.13. The van der Waals surface area contributed by atoms with Crippen LogP contribution in [0.5, 0.6) is 0 Å². The van der Waals surface area contributed by atoms with Crippen molar-refractivity contribution in [3.63, 3.8) is 0 Å². The number of rotatable bonds is 4. The van der Waals surface area contributed by atoms with Crippen LogP contribution in [0.2, 0.25) is 0 Å². The Balaban J connectivity index is 2.26. The molecule has 2 heteroatoms. The van der Waals surface area contributed by atoms with Crippen molar-refractivity contribution in [2.75, 3.05) is 6.54 Å². The molecular weight excluding hydrogens is 162 g/mol. The smallest absolute Gasteiger partial charge is 0.135 e. The lowest BCUT2D eigenvalue weighted by Crippen LogP contribution is -2.28. The van der Waals surface area contributed by atoms with Crippen molar-refractivity contribution >= 4 is 0 Å². The molecule has 0 bridgehead atoms. The largest absolute Gasteiger partial charge is 0.353 e. The molecule has 1 unspecified atom stereocenters. The minimum Gasteiger partial charge on any atom is -0.353 e. The van der Waals surface area contributed by atoms with Crippen molar-refractivity contribution < 1.29 is 4.74 Å². The molecule has 1 heterocycles. The highest BCUT2D eigenvalue weighted by Gasteiger charge is 2.46. The number of hydrogen-bond donors (Lipinski definition) is 1. The van der Waals surface area contributed by atoms with Crippen LogP contribution in [-0.2, 0) is 4.74 Å². The first kappa shape index (κ1) is 11.0. The Labute approximate surface area is 82.0 Å². The zero-order valence-electron chi connectivity index (χ0n) is 9.55. The first-order valence-electron chi connectivity index (χ1n) is 5.35. The SMILES string of the molecule is CCCN[C@@H]1O[C@@H]1C(C)C(C)(C)C. The van der Waals surface area contributed by atoms with Crippen molar-refractivity contribution in [2.45, 2.75) is 53.4 Å². The summed E-state index contributed by atoms with van der Waals surface area (Å²) in [4.78, 5) is 0. The molecule has 1 N–H and O–H groups in total. The van der Waals surface area contributed by atoms with Gasteiger partial charge in [-0.05, 0) is 24.3 Å².